The smallest absolute Gasteiger partial charge is 0.229 e. The molecule has 0 saturated carbocycles. The van der Waals surface area contributed by atoms with Gasteiger partial charge in [-0.3, -0.25) is 9.59 Å². The summed E-state index contributed by atoms with van der Waals surface area (Å²) in [6.07, 6.45) is 5.33. The Hall–Kier alpha value is -3.12. The summed E-state index contributed by atoms with van der Waals surface area (Å²) < 4.78 is 1.83. The molecule has 27 heavy (non-hydrogen) atoms. The third-order valence-corrected chi connectivity index (χ3v) is 4.80. The fraction of sp³-hybridized carbons (Fsp3) is 0.150. The molecular weight excluding hydrogens is 364 g/mol. The number of imidazole rings is 1. The molecule has 1 N–H and O–H groups in total. The monoisotopic (exact) mass is 380 g/mol. The molecule has 1 aromatic heterocycles. The van der Waals surface area contributed by atoms with Crippen LogP contribution in [-0.4, -0.2) is 27.9 Å². The molecule has 1 atom stereocenters. The third-order valence-electron chi connectivity index (χ3n) is 4.56. The average Bonchev–Trinajstić information content (AvgIpc) is 3.32. The summed E-state index contributed by atoms with van der Waals surface area (Å²) in [7, 11) is 0. The van der Waals surface area contributed by atoms with Crippen LogP contribution in [0.15, 0.2) is 67.3 Å². The van der Waals surface area contributed by atoms with Crippen molar-refractivity contribution in [3.63, 3.8) is 0 Å². The van der Waals surface area contributed by atoms with Crippen molar-refractivity contribution < 1.29 is 9.59 Å². The molecule has 0 bridgehead atoms. The molecule has 1 aliphatic rings. The molecule has 1 fully saturated rings. The summed E-state index contributed by atoms with van der Waals surface area (Å²) in [5, 5.41) is 3.51. The molecule has 3 aromatic rings. The average molecular weight is 381 g/mol. The topological polar surface area (TPSA) is 67.2 Å². The Labute approximate surface area is 161 Å². The standard InChI is InChI=1S/C20H17ClN4O2/c21-15-4-3-5-16(11-15)25-12-14(10-19(25)26)20(27)23-17-6-1-2-7-18(17)24-9-8-22-13-24/h1-9,11,13-14H,10,12H2,(H,23,27). The van der Waals surface area contributed by atoms with Gasteiger partial charge in [-0.25, -0.2) is 4.98 Å². The number of nitrogens with zero attached hydrogens (tertiary/aromatic N) is 3. The second-order valence-corrected chi connectivity index (χ2v) is 6.80. The highest BCUT2D eigenvalue weighted by Gasteiger charge is 2.35. The number of hydrogen-bond donors (Lipinski definition) is 1. The lowest BCUT2D eigenvalue weighted by molar-refractivity contribution is -0.122. The van der Waals surface area contributed by atoms with Gasteiger partial charge in [-0.1, -0.05) is 29.8 Å². The number of rotatable bonds is 4. The van der Waals surface area contributed by atoms with Crippen molar-refractivity contribution in [2.24, 2.45) is 5.92 Å². The first kappa shape index (κ1) is 17.3. The molecule has 1 unspecified atom stereocenters. The molecule has 1 saturated heterocycles. The fourth-order valence-electron chi connectivity index (χ4n) is 3.22. The number of carbonyl (C=O) groups is 2. The van der Waals surface area contributed by atoms with Crippen LogP contribution >= 0.6 is 11.6 Å². The van der Waals surface area contributed by atoms with E-state index in [1.165, 1.54) is 0 Å². The predicted molar refractivity (Wildman–Crippen MR) is 104 cm³/mol. The lowest BCUT2D eigenvalue weighted by atomic mass is 10.1. The highest BCUT2D eigenvalue weighted by atomic mass is 35.5. The van der Waals surface area contributed by atoms with Gasteiger partial charge in [0.05, 0.1) is 23.6 Å². The number of hydrogen-bond acceptors (Lipinski definition) is 3. The Bertz CT molecular complexity index is 987. The number of carbonyl (C=O) groups excluding carboxylic acids is 2. The number of halogens is 1. The molecular formula is C20H17ClN4O2. The maximum absolute atomic E-state index is 12.8. The quantitative estimate of drug-likeness (QED) is 0.753. The minimum Gasteiger partial charge on any atom is -0.324 e. The lowest BCUT2D eigenvalue weighted by Crippen LogP contribution is -2.28. The van der Waals surface area contributed by atoms with Crippen LogP contribution in [-0.2, 0) is 9.59 Å². The van der Waals surface area contributed by atoms with Crippen LogP contribution in [0.5, 0.6) is 0 Å². The van der Waals surface area contributed by atoms with Crippen molar-refractivity contribution in [3.05, 3.63) is 72.3 Å². The first-order valence-corrected chi connectivity index (χ1v) is 8.94. The van der Waals surface area contributed by atoms with Gasteiger partial charge in [-0.15, -0.1) is 0 Å². The zero-order valence-electron chi connectivity index (χ0n) is 14.4. The minimum atomic E-state index is -0.424. The number of aromatic nitrogens is 2. The van der Waals surface area contributed by atoms with Crippen molar-refractivity contribution in [2.45, 2.75) is 6.42 Å². The van der Waals surface area contributed by atoms with Crippen molar-refractivity contribution in [3.8, 4) is 5.69 Å². The summed E-state index contributed by atoms with van der Waals surface area (Å²) in [4.78, 5) is 30.8. The minimum absolute atomic E-state index is 0.0830. The third kappa shape index (κ3) is 3.57. The highest BCUT2D eigenvalue weighted by Crippen LogP contribution is 2.28. The van der Waals surface area contributed by atoms with Gasteiger partial charge >= 0.3 is 0 Å². The van der Waals surface area contributed by atoms with E-state index in [-0.39, 0.29) is 18.2 Å². The summed E-state index contributed by atoms with van der Waals surface area (Å²) >= 11 is 6.02. The second-order valence-electron chi connectivity index (χ2n) is 6.36. The first-order chi connectivity index (χ1) is 13.1. The van der Waals surface area contributed by atoms with Crippen LogP contribution in [0.1, 0.15) is 6.42 Å². The van der Waals surface area contributed by atoms with E-state index >= 15 is 0 Å². The van der Waals surface area contributed by atoms with Crippen LogP contribution in [0.2, 0.25) is 5.02 Å². The maximum Gasteiger partial charge on any atom is 0.229 e. The Kier molecular flexibility index (Phi) is 4.64. The number of benzene rings is 2. The van der Waals surface area contributed by atoms with E-state index in [1.807, 2.05) is 41.1 Å². The first-order valence-electron chi connectivity index (χ1n) is 8.56. The van der Waals surface area contributed by atoms with Gasteiger partial charge in [0.2, 0.25) is 11.8 Å². The highest BCUT2D eigenvalue weighted by molar-refractivity contribution is 6.31. The summed E-state index contributed by atoms with van der Waals surface area (Å²) in [6, 6.07) is 14.6. The Morgan fingerprint density at radius 2 is 2.04 bits per heavy atom. The van der Waals surface area contributed by atoms with E-state index in [9.17, 15) is 9.59 Å². The van der Waals surface area contributed by atoms with Gasteiger partial charge in [-0.2, -0.15) is 0 Å². The molecule has 7 heteroatoms. The van der Waals surface area contributed by atoms with E-state index in [0.29, 0.717) is 22.9 Å². The van der Waals surface area contributed by atoms with Crippen LogP contribution in [0.3, 0.4) is 0 Å². The second kappa shape index (κ2) is 7.25. The van der Waals surface area contributed by atoms with Gasteiger partial charge in [0, 0.05) is 36.1 Å². The number of anilines is 2. The van der Waals surface area contributed by atoms with Gasteiger partial charge in [-0.05, 0) is 30.3 Å². The summed E-state index contributed by atoms with van der Waals surface area (Å²) in [5.41, 5.74) is 2.20. The van der Waals surface area contributed by atoms with Crippen LogP contribution < -0.4 is 10.2 Å². The Morgan fingerprint density at radius 3 is 2.81 bits per heavy atom. The van der Waals surface area contributed by atoms with Crippen molar-refractivity contribution in [1.29, 1.82) is 0 Å². The van der Waals surface area contributed by atoms with Crippen LogP contribution in [0.25, 0.3) is 5.69 Å². The normalized spacial score (nSPS) is 16.6. The van der Waals surface area contributed by atoms with E-state index < -0.39 is 5.92 Å². The molecule has 2 aromatic carbocycles. The molecule has 136 valence electrons. The van der Waals surface area contributed by atoms with Crippen molar-refractivity contribution >= 4 is 34.8 Å². The molecule has 2 heterocycles. The summed E-state index contributed by atoms with van der Waals surface area (Å²) in [6.45, 7) is 0.332. The fourth-order valence-corrected chi connectivity index (χ4v) is 3.40. The van der Waals surface area contributed by atoms with Crippen LogP contribution in [0, 0.1) is 5.92 Å². The zero-order valence-corrected chi connectivity index (χ0v) is 15.1. The van der Waals surface area contributed by atoms with E-state index in [1.54, 1.807) is 35.6 Å². The van der Waals surface area contributed by atoms with E-state index in [4.69, 9.17) is 11.6 Å². The van der Waals surface area contributed by atoms with Crippen molar-refractivity contribution in [2.75, 3.05) is 16.8 Å². The van der Waals surface area contributed by atoms with Crippen LogP contribution in [0.4, 0.5) is 11.4 Å². The predicted octanol–water partition coefficient (Wildman–Crippen LogP) is 3.52. The maximum atomic E-state index is 12.8. The van der Waals surface area contributed by atoms with E-state index in [2.05, 4.69) is 10.3 Å². The van der Waals surface area contributed by atoms with Gasteiger partial charge in [0.15, 0.2) is 0 Å². The SMILES string of the molecule is O=C(Nc1ccccc1-n1ccnc1)C1CC(=O)N(c2cccc(Cl)c2)C1. The molecule has 0 radical (unpaired) electrons. The van der Waals surface area contributed by atoms with Gasteiger partial charge < -0.3 is 14.8 Å². The molecule has 1 aliphatic heterocycles. The largest absolute Gasteiger partial charge is 0.324 e. The summed E-state index contributed by atoms with van der Waals surface area (Å²) in [5.74, 6) is -0.687. The molecule has 0 aliphatic carbocycles. The van der Waals surface area contributed by atoms with Gasteiger partial charge in [0.25, 0.3) is 0 Å². The Balaban J connectivity index is 1.51. The zero-order chi connectivity index (χ0) is 18.8. The number of amides is 2. The van der Waals surface area contributed by atoms with Gasteiger partial charge in [0.1, 0.15) is 0 Å². The van der Waals surface area contributed by atoms with E-state index in [0.717, 1.165) is 5.69 Å². The number of para-hydroxylation sites is 2. The molecule has 6 nitrogen and oxygen atoms in total. The molecule has 2 amide bonds. The molecule has 0 spiro atoms. The van der Waals surface area contributed by atoms with Crippen molar-refractivity contribution in [1.82, 2.24) is 9.55 Å². The number of nitrogens with one attached hydrogen (secondary N) is 1. The molecule has 4 rings (SSSR count). The lowest BCUT2D eigenvalue weighted by Gasteiger charge is -2.17. The Morgan fingerprint density at radius 1 is 1.19 bits per heavy atom.